The van der Waals surface area contributed by atoms with E-state index in [-0.39, 0.29) is 5.54 Å². The van der Waals surface area contributed by atoms with Crippen molar-refractivity contribution in [2.24, 2.45) is 0 Å². The quantitative estimate of drug-likeness (QED) is 0.854. The zero-order valence-corrected chi connectivity index (χ0v) is 13.0. The smallest absolute Gasteiger partial charge is 0.207 e. The molecule has 0 N–H and O–H groups in total. The lowest BCUT2D eigenvalue weighted by atomic mass is 10.0. The molecule has 0 unspecified atom stereocenters. The van der Waals surface area contributed by atoms with Crippen LogP contribution in [0.4, 0.5) is 0 Å². The number of nitrogens with zero attached hydrogens (tertiary/aromatic N) is 1. The van der Waals surface area contributed by atoms with Gasteiger partial charge in [0, 0.05) is 17.1 Å². The third-order valence-electron chi connectivity index (χ3n) is 3.19. The molecule has 0 spiro atoms. The number of hydrogen-bond acceptors (Lipinski definition) is 2. The van der Waals surface area contributed by atoms with E-state index in [9.17, 15) is 8.42 Å². The normalized spacial score (nSPS) is 13.1. The van der Waals surface area contributed by atoms with Crippen LogP contribution in [0.1, 0.15) is 27.2 Å². The molecule has 3 nitrogen and oxygen atoms in total. The van der Waals surface area contributed by atoms with Crippen LogP contribution in [0.25, 0.3) is 0 Å². The third kappa shape index (κ3) is 3.09. The Labute approximate surface area is 112 Å². The first-order chi connectivity index (χ1) is 7.71. The Bertz CT molecular complexity index is 480. The largest absolute Gasteiger partial charge is 0.243 e. The fourth-order valence-electron chi connectivity index (χ4n) is 1.31. The summed E-state index contributed by atoms with van der Waals surface area (Å²) in [7, 11) is -1.79. The molecule has 0 atom stereocenters. The second kappa shape index (κ2) is 5.08. The maximum Gasteiger partial charge on any atom is 0.243 e. The van der Waals surface area contributed by atoms with E-state index < -0.39 is 10.0 Å². The summed E-state index contributed by atoms with van der Waals surface area (Å²) in [5.41, 5.74) is -0.383. The van der Waals surface area contributed by atoms with Gasteiger partial charge >= 0.3 is 0 Å². The average molecular weight is 320 g/mol. The van der Waals surface area contributed by atoms with Crippen LogP contribution in [0.5, 0.6) is 0 Å². The van der Waals surface area contributed by atoms with Crippen LogP contribution in [-0.4, -0.2) is 25.3 Å². The van der Waals surface area contributed by atoms with E-state index in [0.717, 1.165) is 10.9 Å². The van der Waals surface area contributed by atoms with Crippen LogP contribution in [0, 0.1) is 0 Å². The van der Waals surface area contributed by atoms with Gasteiger partial charge in [-0.3, -0.25) is 0 Å². The maximum absolute atomic E-state index is 12.4. The Morgan fingerprint density at radius 2 is 1.71 bits per heavy atom. The van der Waals surface area contributed by atoms with Crippen LogP contribution in [0.2, 0.25) is 0 Å². The predicted molar refractivity (Wildman–Crippen MR) is 73.5 cm³/mol. The van der Waals surface area contributed by atoms with Gasteiger partial charge < -0.3 is 0 Å². The van der Waals surface area contributed by atoms with Gasteiger partial charge in [-0.25, -0.2) is 8.42 Å². The summed E-state index contributed by atoms with van der Waals surface area (Å²) >= 11 is 3.29. The van der Waals surface area contributed by atoms with Gasteiger partial charge in [0.05, 0.1) is 4.90 Å². The highest BCUT2D eigenvalue weighted by molar-refractivity contribution is 9.10. The number of sulfonamides is 1. The van der Waals surface area contributed by atoms with Crippen molar-refractivity contribution in [3.8, 4) is 0 Å². The van der Waals surface area contributed by atoms with Crippen molar-refractivity contribution in [3.05, 3.63) is 28.7 Å². The summed E-state index contributed by atoms with van der Waals surface area (Å²) in [6.45, 7) is 5.82. The molecule has 0 amide bonds. The Morgan fingerprint density at radius 1 is 1.24 bits per heavy atom. The zero-order chi connectivity index (χ0) is 13.3. The van der Waals surface area contributed by atoms with Crippen molar-refractivity contribution in [1.82, 2.24) is 4.31 Å². The monoisotopic (exact) mass is 319 g/mol. The first-order valence-corrected chi connectivity index (χ1v) is 7.69. The fourth-order valence-corrected chi connectivity index (χ4v) is 3.15. The minimum Gasteiger partial charge on any atom is -0.207 e. The Morgan fingerprint density at radius 3 is 2.12 bits per heavy atom. The minimum absolute atomic E-state index is 0.324. The molecule has 0 aliphatic heterocycles. The molecule has 0 aliphatic carbocycles. The Kier molecular flexibility index (Phi) is 4.38. The molecule has 0 radical (unpaired) electrons. The van der Waals surface area contributed by atoms with Gasteiger partial charge in [-0.05, 0) is 44.5 Å². The van der Waals surface area contributed by atoms with Crippen LogP contribution in [0.3, 0.4) is 0 Å². The van der Waals surface area contributed by atoms with Crippen molar-refractivity contribution in [1.29, 1.82) is 0 Å². The molecule has 0 saturated heterocycles. The summed E-state index contributed by atoms with van der Waals surface area (Å²) in [4.78, 5) is 0.324. The molecule has 96 valence electrons. The highest BCUT2D eigenvalue weighted by atomic mass is 79.9. The molecule has 0 bridgehead atoms. The lowest BCUT2D eigenvalue weighted by Gasteiger charge is -2.33. The highest BCUT2D eigenvalue weighted by Gasteiger charge is 2.32. The standard InChI is InChI=1S/C12H18BrNO2S/c1-5-12(2,3)14(4)17(15,16)11-8-6-10(13)7-9-11/h6-9H,5H2,1-4H3. The van der Waals surface area contributed by atoms with Gasteiger partial charge in [0.2, 0.25) is 10.0 Å². The molecule has 0 heterocycles. The lowest BCUT2D eigenvalue weighted by Crippen LogP contribution is -2.44. The van der Waals surface area contributed by atoms with Gasteiger partial charge in [-0.2, -0.15) is 4.31 Å². The molecule has 0 aliphatic rings. The minimum atomic E-state index is -3.41. The summed E-state index contributed by atoms with van der Waals surface area (Å²) < 4.78 is 27.0. The van der Waals surface area contributed by atoms with Crippen molar-refractivity contribution in [2.75, 3.05) is 7.05 Å². The van der Waals surface area contributed by atoms with Crippen molar-refractivity contribution in [2.45, 2.75) is 37.6 Å². The average Bonchev–Trinajstić information content (AvgIpc) is 2.28. The maximum atomic E-state index is 12.4. The van der Waals surface area contributed by atoms with E-state index in [1.807, 2.05) is 20.8 Å². The summed E-state index contributed by atoms with van der Waals surface area (Å²) in [5.74, 6) is 0. The predicted octanol–water partition coefficient (Wildman–Crippen LogP) is 3.26. The van der Waals surface area contributed by atoms with Gasteiger partial charge in [0.1, 0.15) is 0 Å². The highest BCUT2D eigenvalue weighted by Crippen LogP contribution is 2.25. The van der Waals surface area contributed by atoms with Crippen LogP contribution >= 0.6 is 15.9 Å². The summed E-state index contributed by atoms with van der Waals surface area (Å²) in [5, 5.41) is 0. The van der Waals surface area contributed by atoms with E-state index in [0.29, 0.717) is 4.90 Å². The molecule has 17 heavy (non-hydrogen) atoms. The SMILES string of the molecule is CCC(C)(C)N(C)S(=O)(=O)c1ccc(Br)cc1. The molecular weight excluding hydrogens is 302 g/mol. The van der Waals surface area contributed by atoms with Gasteiger partial charge in [0.15, 0.2) is 0 Å². The molecule has 0 fully saturated rings. The molecular formula is C12H18BrNO2S. The third-order valence-corrected chi connectivity index (χ3v) is 5.80. The van der Waals surface area contributed by atoms with Crippen molar-refractivity contribution < 1.29 is 8.42 Å². The first-order valence-electron chi connectivity index (χ1n) is 5.46. The van der Waals surface area contributed by atoms with E-state index in [1.54, 1.807) is 31.3 Å². The molecule has 1 aromatic rings. The number of rotatable bonds is 4. The van der Waals surface area contributed by atoms with Crippen molar-refractivity contribution >= 4 is 26.0 Å². The first kappa shape index (κ1) is 14.7. The lowest BCUT2D eigenvalue weighted by molar-refractivity contribution is 0.257. The van der Waals surface area contributed by atoms with E-state index >= 15 is 0 Å². The number of hydrogen-bond donors (Lipinski definition) is 0. The topological polar surface area (TPSA) is 37.4 Å². The molecule has 1 aromatic carbocycles. The van der Waals surface area contributed by atoms with Crippen molar-refractivity contribution in [3.63, 3.8) is 0 Å². The molecule has 5 heteroatoms. The number of benzene rings is 1. The molecule has 0 aromatic heterocycles. The van der Waals surface area contributed by atoms with Crippen LogP contribution < -0.4 is 0 Å². The van der Waals surface area contributed by atoms with E-state index in [2.05, 4.69) is 15.9 Å². The summed E-state index contributed by atoms with van der Waals surface area (Å²) in [6.07, 6.45) is 0.763. The molecule has 1 rings (SSSR count). The van der Waals surface area contributed by atoms with E-state index in [1.165, 1.54) is 4.31 Å². The second-order valence-electron chi connectivity index (χ2n) is 4.59. The fraction of sp³-hybridized carbons (Fsp3) is 0.500. The number of halogens is 1. The van der Waals surface area contributed by atoms with Gasteiger partial charge in [0.25, 0.3) is 0 Å². The van der Waals surface area contributed by atoms with Crippen LogP contribution in [0.15, 0.2) is 33.6 Å². The van der Waals surface area contributed by atoms with E-state index in [4.69, 9.17) is 0 Å². The molecule has 0 saturated carbocycles. The summed E-state index contributed by atoms with van der Waals surface area (Å²) in [6, 6.07) is 6.70. The van der Waals surface area contributed by atoms with Crippen LogP contribution in [-0.2, 0) is 10.0 Å². The Balaban J connectivity index is 3.16. The van der Waals surface area contributed by atoms with Gasteiger partial charge in [-0.1, -0.05) is 22.9 Å². The zero-order valence-electron chi connectivity index (χ0n) is 10.6. The second-order valence-corrected chi connectivity index (χ2v) is 7.48. The van der Waals surface area contributed by atoms with Gasteiger partial charge in [-0.15, -0.1) is 0 Å². The Hall–Kier alpha value is -0.390.